The van der Waals surface area contributed by atoms with Gasteiger partial charge in [-0.25, -0.2) is 13.1 Å². The molecule has 14 heavy (non-hydrogen) atoms. The largest absolute Gasteiger partial charge is 0.318 e. The molecule has 0 unspecified atom stereocenters. The lowest BCUT2D eigenvalue weighted by molar-refractivity contribution is 0.579. The Balaban J connectivity index is 2.67. The van der Waals surface area contributed by atoms with Crippen molar-refractivity contribution in [3.05, 3.63) is 30.3 Å². The normalized spacial score (nSPS) is 11.5. The summed E-state index contributed by atoms with van der Waals surface area (Å²) in [5, 5.41) is 2.86. The lowest BCUT2D eigenvalue weighted by Gasteiger charge is -2.05. The highest BCUT2D eigenvalue weighted by molar-refractivity contribution is 7.89. The van der Waals surface area contributed by atoms with Gasteiger partial charge in [0.1, 0.15) is 0 Å². The second-order valence-corrected chi connectivity index (χ2v) is 4.50. The van der Waals surface area contributed by atoms with E-state index in [1.165, 1.54) is 12.1 Å². The van der Waals surface area contributed by atoms with E-state index in [1.807, 2.05) is 0 Å². The van der Waals surface area contributed by atoms with Crippen LogP contribution in [0.15, 0.2) is 29.2 Å². The summed E-state index contributed by atoms with van der Waals surface area (Å²) in [4.78, 5) is 0.271. The van der Waals surface area contributed by atoms with Crippen LogP contribution in [-0.2, 0) is 10.0 Å². The minimum atomic E-state index is -3.34. The average molecular weight is 213 g/mol. The van der Waals surface area contributed by atoms with Crippen LogP contribution in [0, 0.1) is 6.07 Å². The first kappa shape index (κ1) is 11.2. The first-order valence-corrected chi connectivity index (χ1v) is 5.75. The molecule has 0 heterocycles. The van der Waals surface area contributed by atoms with Gasteiger partial charge in [0.2, 0.25) is 10.0 Å². The van der Waals surface area contributed by atoms with Crippen molar-refractivity contribution in [2.45, 2.75) is 4.90 Å². The number of sulfonamides is 1. The van der Waals surface area contributed by atoms with E-state index in [0.717, 1.165) is 0 Å². The molecule has 0 bridgehead atoms. The zero-order valence-corrected chi connectivity index (χ0v) is 8.76. The molecule has 1 rings (SSSR count). The summed E-state index contributed by atoms with van der Waals surface area (Å²) in [5.41, 5.74) is 0. The number of likely N-dealkylation sites (N-methyl/N-ethyl adjacent to an activating group) is 1. The highest BCUT2D eigenvalue weighted by Crippen LogP contribution is 2.05. The molecule has 0 saturated heterocycles. The molecule has 1 aromatic rings. The highest BCUT2D eigenvalue weighted by Gasteiger charge is 2.11. The van der Waals surface area contributed by atoms with Crippen LogP contribution in [0.2, 0.25) is 0 Å². The molecule has 0 aliphatic heterocycles. The number of benzene rings is 1. The molecule has 0 fully saturated rings. The fourth-order valence-electron chi connectivity index (χ4n) is 0.944. The second-order valence-electron chi connectivity index (χ2n) is 2.74. The molecule has 0 amide bonds. The Morgan fingerprint density at radius 3 is 2.50 bits per heavy atom. The van der Waals surface area contributed by atoms with Crippen molar-refractivity contribution in [1.82, 2.24) is 10.0 Å². The third-order valence-electron chi connectivity index (χ3n) is 1.67. The third kappa shape index (κ3) is 3.10. The van der Waals surface area contributed by atoms with E-state index in [0.29, 0.717) is 13.1 Å². The minimum absolute atomic E-state index is 0.271. The Kier molecular flexibility index (Phi) is 4.06. The maximum Gasteiger partial charge on any atom is 0.240 e. The van der Waals surface area contributed by atoms with Gasteiger partial charge in [0.15, 0.2) is 0 Å². The maximum atomic E-state index is 11.6. The van der Waals surface area contributed by atoms with Crippen LogP contribution in [0.1, 0.15) is 0 Å². The van der Waals surface area contributed by atoms with Gasteiger partial charge >= 0.3 is 0 Å². The molecule has 77 valence electrons. The summed E-state index contributed by atoms with van der Waals surface area (Å²) in [6, 6.07) is 8.95. The smallest absolute Gasteiger partial charge is 0.240 e. The van der Waals surface area contributed by atoms with E-state index in [-0.39, 0.29) is 4.90 Å². The van der Waals surface area contributed by atoms with Crippen LogP contribution < -0.4 is 10.0 Å². The second kappa shape index (κ2) is 5.09. The van der Waals surface area contributed by atoms with Gasteiger partial charge < -0.3 is 5.32 Å². The third-order valence-corrected chi connectivity index (χ3v) is 3.14. The van der Waals surface area contributed by atoms with Crippen LogP contribution >= 0.6 is 0 Å². The van der Waals surface area contributed by atoms with Crippen molar-refractivity contribution < 1.29 is 8.42 Å². The average Bonchev–Trinajstić information content (AvgIpc) is 2.19. The molecule has 0 atom stereocenters. The fraction of sp³-hybridized carbons (Fsp3) is 0.333. The van der Waals surface area contributed by atoms with Crippen molar-refractivity contribution in [3.63, 3.8) is 0 Å². The zero-order chi connectivity index (χ0) is 10.4. The Morgan fingerprint density at radius 1 is 1.29 bits per heavy atom. The van der Waals surface area contributed by atoms with Crippen LogP contribution in [0.4, 0.5) is 0 Å². The zero-order valence-electron chi connectivity index (χ0n) is 7.95. The number of nitrogens with one attached hydrogen (secondary N) is 2. The van der Waals surface area contributed by atoms with E-state index < -0.39 is 10.0 Å². The van der Waals surface area contributed by atoms with Gasteiger partial charge in [-0.2, -0.15) is 0 Å². The topological polar surface area (TPSA) is 58.2 Å². The van der Waals surface area contributed by atoms with Crippen molar-refractivity contribution in [3.8, 4) is 0 Å². The van der Waals surface area contributed by atoms with E-state index in [1.54, 1.807) is 19.2 Å². The molecular weight excluding hydrogens is 200 g/mol. The Morgan fingerprint density at radius 2 is 1.93 bits per heavy atom. The molecule has 2 N–H and O–H groups in total. The summed E-state index contributed by atoms with van der Waals surface area (Å²) in [6.45, 7) is 0.996. The summed E-state index contributed by atoms with van der Waals surface area (Å²) >= 11 is 0. The van der Waals surface area contributed by atoms with Gasteiger partial charge in [0.05, 0.1) is 4.90 Å². The molecule has 0 aliphatic carbocycles. The van der Waals surface area contributed by atoms with Gasteiger partial charge in [0, 0.05) is 13.1 Å². The molecule has 4 nitrogen and oxygen atoms in total. The van der Waals surface area contributed by atoms with Crippen molar-refractivity contribution in [2.24, 2.45) is 0 Å². The van der Waals surface area contributed by atoms with Crippen LogP contribution in [0.5, 0.6) is 0 Å². The van der Waals surface area contributed by atoms with Crippen molar-refractivity contribution in [2.75, 3.05) is 20.1 Å². The van der Waals surface area contributed by atoms with Crippen molar-refractivity contribution in [1.29, 1.82) is 0 Å². The lowest BCUT2D eigenvalue weighted by Crippen LogP contribution is -2.30. The summed E-state index contributed by atoms with van der Waals surface area (Å²) < 4.78 is 25.6. The van der Waals surface area contributed by atoms with Crippen LogP contribution in [-0.4, -0.2) is 28.6 Å². The first-order valence-electron chi connectivity index (χ1n) is 4.27. The molecule has 1 aromatic carbocycles. The Hall–Kier alpha value is -0.910. The van der Waals surface area contributed by atoms with Crippen LogP contribution in [0.25, 0.3) is 0 Å². The fourth-order valence-corrected chi connectivity index (χ4v) is 1.98. The standard InChI is InChI=1S/C9H13N2O2S/c1-10-7-8-11-14(12,13)9-5-3-2-4-6-9/h3-6,10-11H,7-8H2,1H3. The van der Waals surface area contributed by atoms with Crippen LogP contribution in [0.3, 0.4) is 0 Å². The maximum absolute atomic E-state index is 11.6. The Bertz CT molecular complexity index is 362. The van der Waals surface area contributed by atoms with E-state index >= 15 is 0 Å². The predicted molar refractivity (Wildman–Crippen MR) is 54.4 cm³/mol. The minimum Gasteiger partial charge on any atom is -0.318 e. The SMILES string of the molecule is CNCCNS(=O)(=O)c1cc[c]cc1. The molecule has 0 aliphatic rings. The number of hydrogen-bond donors (Lipinski definition) is 2. The molecule has 5 heteroatoms. The summed E-state index contributed by atoms with van der Waals surface area (Å²) in [7, 11) is -1.57. The number of rotatable bonds is 5. The van der Waals surface area contributed by atoms with Gasteiger partial charge in [-0.1, -0.05) is 12.1 Å². The van der Waals surface area contributed by atoms with Gasteiger partial charge in [0.25, 0.3) is 0 Å². The monoisotopic (exact) mass is 213 g/mol. The molecule has 0 spiro atoms. The molecule has 0 saturated carbocycles. The summed E-state index contributed by atoms with van der Waals surface area (Å²) in [5.74, 6) is 0. The molecule has 0 aromatic heterocycles. The van der Waals surface area contributed by atoms with E-state index in [4.69, 9.17) is 0 Å². The van der Waals surface area contributed by atoms with Crippen molar-refractivity contribution >= 4 is 10.0 Å². The lowest BCUT2D eigenvalue weighted by atomic mass is 10.4. The highest BCUT2D eigenvalue weighted by atomic mass is 32.2. The summed E-state index contributed by atoms with van der Waals surface area (Å²) in [6.07, 6.45) is 0. The first-order chi connectivity index (χ1) is 6.67. The van der Waals surface area contributed by atoms with Gasteiger partial charge in [-0.05, 0) is 25.2 Å². The predicted octanol–water partition coefficient (Wildman–Crippen LogP) is -0.0155. The molecule has 1 radical (unpaired) electrons. The van der Waals surface area contributed by atoms with E-state index in [2.05, 4.69) is 16.1 Å². The number of hydrogen-bond acceptors (Lipinski definition) is 3. The molecular formula is C9H13N2O2S. The quantitative estimate of drug-likeness (QED) is 0.676. The van der Waals surface area contributed by atoms with Gasteiger partial charge in [-0.15, -0.1) is 0 Å². The van der Waals surface area contributed by atoms with Gasteiger partial charge in [-0.3, -0.25) is 0 Å². The van der Waals surface area contributed by atoms with E-state index in [9.17, 15) is 8.42 Å². The Labute approximate surface area is 84.4 Å².